The predicted molar refractivity (Wildman–Crippen MR) is 33.6 cm³/mol. The van der Waals surface area contributed by atoms with E-state index in [9.17, 15) is 0 Å². The fourth-order valence-corrected chi connectivity index (χ4v) is 1.13. The van der Waals surface area contributed by atoms with E-state index in [0.717, 1.165) is 0 Å². The maximum absolute atomic E-state index is 9.13. The molecule has 1 rings (SSSR count). The molecule has 1 aliphatic rings. The highest BCUT2D eigenvalue weighted by Gasteiger charge is 2.35. The molecule has 4 nitrogen and oxygen atoms in total. The van der Waals surface area contributed by atoms with Gasteiger partial charge in [0.15, 0.2) is 0 Å². The summed E-state index contributed by atoms with van der Waals surface area (Å²) in [6.07, 6.45) is -1.33. The van der Waals surface area contributed by atoms with Crippen molar-refractivity contribution in [3.8, 4) is 0 Å². The SMILES string of the molecule is CO[C@H]1[C@@H](O)CO[C@@H]1CO. The highest BCUT2D eigenvalue weighted by Crippen LogP contribution is 2.16. The Morgan fingerprint density at radius 3 is 2.80 bits per heavy atom. The topological polar surface area (TPSA) is 58.9 Å². The van der Waals surface area contributed by atoms with E-state index in [-0.39, 0.29) is 25.4 Å². The first-order valence-corrected chi connectivity index (χ1v) is 3.23. The number of methoxy groups -OCH3 is 1. The quantitative estimate of drug-likeness (QED) is 0.514. The number of aliphatic hydroxyl groups is 2. The molecule has 0 amide bonds. The molecule has 1 saturated heterocycles. The van der Waals surface area contributed by atoms with E-state index in [1.54, 1.807) is 0 Å². The molecule has 10 heavy (non-hydrogen) atoms. The van der Waals surface area contributed by atoms with Crippen LogP contribution in [0.2, 0.25) is 0 Å². The van der Waals surface area contributed by atoms with Crippen molar-refractivity contribution in [2.24, 2.45) is 0 Å². The fraction of sp³-hybridized carbons (Fsp3) is 1.00. The number of aliphatic hydroxyl groups excluding tert-OH is 2. The van der Waals surface area contributed by atoms with E-state index in [4.69, 9.17) is 19.7 Å². The summed E-state index contributed by atoms with van der Waals surface area (Å²) in [5.74, 6) is 0. The first-order valence-electron chi connectivity index (χ1n) is 3.23. The van der Waals surface area contributed by atoms with Gasteiger partial charge in [-0.1, -0.05) is 0 Å². The minimum atomic E-state index is -0.595. The molecule has 0 bridgehead atoms. The molecule has 0 aliphatic carbocycles. The number of rotatable bonds is 2. The van der Waals surface area contributed by atoms with E-state index >= 15 is 0 Å². The number of hydrogen-bond donors (Lipinski definition) is 2. The summed E-state index contributed by atoms with van der Waals surface area (Å²) in [4.78, 5) is 0. The molecule has 0 aromatic rings. The Morgan fingerprint density at radius 1 is 1.70 bits per heavy atom. The predicted octanol–water partition coefficient (Wildman–Crippen LogP) is -1.25. The smallest absolute Gasteiger partial charge is 0.114 e. The molecule has 0 aromatic heterocycles. The van der Waals surface area contributed by atoms with Crippen LogP contribution in [0.3, 0.4) is 0 Å². The molecule has 1 aliphatic heterocycles. The van der Waals surface area contributed by atoms with E-state index in [2.05, 4.69) is 0 Å². The summed E-state index contributed by atoms with van der Waals surface area (Å²) in [7, 11) is 1.49. The molecule has 3 atom stereocenters. The lowest BCUT2D eigenvalue weighted by atomic mass is 10.1. The number of ether oxygens (including phenoxy) is 2. The number of hydrogen-bond acceptors (Lipinski definition) is 4. The van der Waals surface area contributed by atoms with Gasteiger partial charge in [0.1, 0.15) is 18.3 Å². The van der Waals surface area contributed by atoms with Crippen LogP contribution < -0.4 is 0 Å². The Balaban J connectivity index is 2.45. The molecule has 60 valence electrons. The zero-order valence-corrected chi connectivity index (χ0v) is 5.86. The van der Waals surface area contributed by atoms with Crippen LogP contribution >= 0.6 is 0 Å². The Labute approximate surface area is 59.4 Å². The minimum absolute atomic E-state index is 0.102. The van der Waals surface area contributed by atoms with Crippen molar-refractivity contribution in [3.05, 3.63) is 0 Å². The van der Waals surface area contributed by atoms with Crippen molar-refractivity contribution >= 4 is 0 Å². The third-order valence-corrected chi connectivity index (χ3v) is 1.68. The zero-order chi connectivity index (χ0) is 7.56. The lowest BCUT2D eigenvalue weighted by Crippen LogP contribution is -2.34. The third-order valence-electron chi connectivity index (χ3n) is 1.68. The van der Waals surface area contributed by atoms with Gasteiger partial charge >= 0.3 is 0 Å². The highest BCUT2D eigenvalue weighted by molar-refractivity contribution is 4.83. The highest BCUT2D eigenvalue weighted by atomic mass is 16.6. The second-order valence-corrected chi connectivity index (χ2v) is 2.32. The fourth-order valence-electron chi connectivity index (χ4n) is 1.13. The lowest BCUT2D eigenvalue weighted by Gasteiger charge is -2.15. The lowest BCUT2D eigenvalue weighted by molar-refractivity contribution is -0.0307. The van der Waals surface area contributed by atoms with Gasteiger partial charge in [-0.2, -0.15) is 0 Å². The van der Waals surface area contributed by atoms with Crippen molar-refractivity contribution < 1.29 is 19.7 Å². The van der Waals surface area contributed by atoms with Gasteiger partial charge < -0.3 is 19.7 Å². The van der Waals surface area contributed by atoms with Crippen LogP contribution in [0.4, 0.5) is 0 Å². The van der Waals surface area contributed by atoms with Gasteiger partial charge in [0.2, 0.25) is 0 Å². The second-order valence-electron chi connectivity index (χ2n) is 2.32. The van der Waals surface area contributed by atoms with E-state index < -0.39 is 6.10 Å². The Hall–Kier alpha value is -0.160. The summed E-state index contributed by atoms with van der Waals surface area (Å²) >= 11 is 0. The maximum Gasteiger partial charge on any atom is 0.114 e. The molecule has 0 saturated carbocycles. The minimum Gasteiger partial charge on any atom is -0.394 e. The first-order chi connectivity index (χ1) is 4.79. The summed E-state index contributed by atoms with van der Waals surface area (Å²) in [6, 6.07) is 0. The molecule has 0 spiro atoms. The van der Waals surface area contributed by atoms with Gasteiger partial charge in [-0.25, -0.2) is 0 Å². The Morgan fingerprint density at radius 2 is 2.40 bits per heavy atom. The summed E-state index contributed by atoms with van der Waals surface area (Å²) < 4.78 is 9.88. The first kappa shape index (κ1) is 7.94. The standard InChI is InChI=1S/C6H12O4/c1-9-6-4(8)3-10-5(6)2-7/h4-8H,2-3H2,1H3/t4-,5+,6-/m0/s1. The Kier molecular flexibility index (Phi) is 2.62. The molecule has 0 radical (unpaired) electrons. The van der Waals surface area contributed by atoms with Crippen LogP contribution in [0.5, 0.6) is 0 Å². The van der Waals surface area contributed by atoms with Gasteiger partial charge in [-0.15, -0.1) is 0 Å². The normalized spacial score (nSPS) is 40.5. The second kappa shape index (κ2) is 3.30. The van der Waals surface area contributed by atoms with Crippen LogP contribution in [-0.2, 0) is 9.47 Å². The summed E-state index contributed by atoms with van der Waals surface area (Å²) in [5.41, 5.74) is 0. The maximum atomic E-state index is 9.13. The van der Waals surface area contributed by atoms with Crippen molar-refractivity contribution in [2.75, 3.05) is 20.3 Å². The Bertz CT molecular complexity index is 106. The van der Waals surface area contributed by atoms with E-state index in [1.165, 1.54) is 7.11 Å². The van der Waals surface area contributed by atoms with Crippen LogP contribution in [-0.4, -0.2) is 48.8 Å². The summed E-state index contributed by atoms with van der Waals surface area (Å²) in [5, 5.41) is 17.8. The van der Waals surface area contributed by atoms with Gasteiger partial charge in [0.25, 0.3) is 0 Å². The molecule has 1 fully saturated rings. The molecule has 2 N–H and O–H groups in total. The van der Waals surface area contributed by atoms with Crippen LogP contribution in [0.1, 0.15) is 0 Å². The van der Waals surface area contributed by atoms with Crippen molar-refractivity contribution in [1.29, 1.82) is 0 Å². The van der Waals surface area contributed by atoms with E-state index in [0.29, 0.717) is 0 Å². The van der Waals surface area contributed by atoms with E-state index in [1.807, 2.05) is 0 Å². The molecule has 0 unspecified atom stereocenters. The molecular formula is C6H12O4. The van der Waals surface area contributed by atoms with Gasteiger partial charge in [-0.05, 0) is 0 Å². The monoisotopic (exact) mass is 148 g/mol. The van der Waals surface area contributed by atoms with Gasteiger partial charge in [0.05, 0.1) is 13.2 Å². The average Bonchev–Trinajstić information content (AvgIpc) is 2.30. The largest absolute Gasteiger partial charge is 0.394 e. The van der Waals surface area contributed by atoms with Crippen LogP contribution in [0, 0.1) is 0 Å². The average molecular weight is 148 g/mol. The molecular weight excluding hydrogens is 136 g/mol. The summed E-state index contributed by atoms with van der Waals surface area (Å²) in [6.45, 7) is 0.152. The van der Waals surface area contributed by atoms with Crippen molar-refractivity contribution in [3.63, 3.8) is 0 Å². The van der Waals surface area contributed by atoms with Crippen LogP contribution in [0.15, 0.2) is 0 Å². The van der Waals surface area contributed by atoms with Crippen molar-refractivity contribution in [2.45, 2.75) is 18.3 Å². The van der Waals surface area contributed by atoms with Crippen LogP contribution in [0.25, 0.3) is 0 Å². The van der Waals surface area contributed by atoms with Gasteiger partial charge in [-0.3, -0.25) is 0 Å². The zero-order valence-electron chi connectivity index (χ0n) is 5.86. The third kappa shape index (κ3) is 1.29. The molecule has 1 heterocycles. The van der Waals surface area contributed by atoms with Crippen molar-refractivity contribution in [1.82, 2.24) is 0 Å². The molecule has 0 aromatic carbocycles. The molecule has 4 heteroatoms. The van der Waals surface area contributed by atoms with Gasteiger partial charge in [0, 0.05) is 7.11 Å².